The van der Waals surface area contributed by atoms with Crippen molar-refractivity contribution < 1.29 is 19.0 Å². The number of hydrogen-bond donors (Lipinski definition) is 0. The van der Waals surface area contributed by atoms with Crippen LogP contribution < -0.4 is 4.74 Å². The Morgan fingerprint density at radius 3 is 2.41 bits per heavy atom. The van der Waals surface area contributed by atoms with Gasteiger partial charge in [-0.2, -0.15) is 0 Å². The van der Waals surface area contributed by atoms with Gasteiger partial charge in [0.05, 0.1) is 25.9 Å². The Hall–Kier alpha value is -2.90. The van der Waals surface area contributed by atoms with Gasteiger partial charge in [-0.1, -0.05) is 60.1 Å². The van der Waals surface area contributed by atoms with E-state index in [1.165, 1.54) is 5.56 Å². The van der Waals surface area contributed by atoms with Crippen molar-refractivity contribution in [2.75, 3.05) is 53.2 Å². The first kappa shape index (κ1) is 27.1. The Morgan fingerprint density at radius 2 is 1.68 bits per heavy atom. The van der Waals surface area contributed by atoms with E-state index in [2.05, 4.69) is 17.0 Å². The predicted molar refractivity (Wildman–Crippen MR) is 146 cm³/mol. The number of ether oxygens (including phenoxy) is 3. The Morgan fingerprint density at radius 1 is 0.973 bits per heavy atom. The molecule has 0 saturated carbocycles. The van der Waals surface area contributed by atoms with Gasteiger partial charge < -0.3 is 19.1 Å². The molecule has 1 heterocycles. The summed E-state index contributed by atoms with van der Waals surface area (Å²) in [6.45, 7) is 5.28. The maximum atomic E-state index is 13.6. The minimum Gasteiger partial charge on any atom is -0.492 e. The third-order valence-electron chi connectivity index (χ3n) is 6.58. The first-order valence-corrected chi connectivity index (χ1v) is 13.1. The van der Waals surface area contributed by atoms with Gasteiger partial charge in [-0.3, -0.25) is 9.69 Å². The largest absolute Gasteiger partial charge is 0.492 e. The van der Waals surface area contributed by atoms with Crippen molar-refractivity contribution in [1.29, 1.82) is 0 Å². The van der Waals surface area contributed by atoms with Crippen LogP contribution >= 0.6 is 11.6 Å². The number of carbonyl (C=O) groups excluding carboxylic acids is 1. The highest BCUT2D eigenvalue weighted by molar-refractivity contribution is 6.30. The van der Waals surface area contributed by atoms with Crippen molar-refractivity contribution in [3.63, 3.8) is 0 Å². The molecule has 4 rings (SSSR count). The molecule has 1 fully saturated rings. The highest BCUT2D eigenvalue weighted by Gasteiger charge is 2.23. The van der Waals surface area contributed by atoms with Crippen LogP contribution in [0.3, 0.4) is 0 Å². The first-order chi connectivity index (χ1) is 18.1. The van der Waals surface area contributed by atoms with Crippen molar-refractivity contribution in [3.05, 3.63) is 101 Å². The fourth-order valence-corrected chi connectivity index (χ4v) is 4.62. The van der Waals surface area contributed by atoms with Gasteiger partial charge in [0.1, 0.15) is 12.4 Å². The smallest absolute Gasteiger partial charge is 0.254 e. The molecule has 0 radical (unpaired) electrons. The number of methoxy groups -OCH3 is 1. The molecule has 3 aromatic rings. The van der Waals surface area contributed by atoms with Crippen molar-refractivity contribution in [3.8, 4) is 5.75 Å². The number of nitrogens with zero attached hydrogens (tertiary/aromatic N) is 2. The summed E-state index contributed by atoms with van der Waals surface area (Å²) in [6.07, 6.45) is 0.760. The number of rotatable bonds is 12. The zero-order valence-corrected chi connectivity index (χ0v) is 22.1. The summed E-state index contributed by atoms with van der Waals surface area (Å²) < 4.78 is 17.3. The van der Waals surface area contributed by atoms with Gasteiger partial charge in [0.2, 0.25) is 0 Å². The standard InChI is InChI=1S/C30H35ClN2O4/c1-35-22-28(32-17-19-36-20-18-32)23-37-29-10-6-5-9-26(29)21-33(16-15-24-7-3-2-4-8-24)30(34)25-11-13-27(31)14-12-25/h2-14,28H,15-23H2,1H3. The molecule has 1 aliphatic rings. The molecule has 0 aliphatic carbocycles. The number of amides is 1. The second kappa shape index (κ2) is 14.1. The average molecular weight is 523 g/mol. The summed E-state index contributed by atoms with van der Waals surface area (Å²) in [4.78, 5) is 17.8. The van der Waals surface area contributed by atoms with Crippen LogP contribution in [0.5, 0.6) is 5.75 Å². The molecule has 3 aromatic carbocycles. The van der Waals surface area contributed by atoms with Crippen LogP contribution in [-0.4, -0.2) is 74.9 Å². The third-order valence-corrected chi connectivity index (χ3v) is 6.83. The zero-order valence-electron chi connectivity index (χ0n) is 21.4. The van der Waals surface area contributed by atoms with Gasteiger partial charge in [0, 0.05) is 49.4 Å². The van der Waals surface area contributed by atoms with Crippen molar-refractivity contribution >= 4 is 17.5 Å². The fraction of sp³-hybridized carbons (Fsp3) is 0.367. The quantitative estimate of drug-likeness (QED) is 0.337. The van der Waals surface area contributed by atoms with E-state index in [1.807, 2.05) is 47.4 Å². The highest BCUT2D eigenvalue weighted by Crippen LogP contribution is 2.23. The Labute approximate surface area is 224 Å². The van der Waals surface area contributed by atoms with Gasteiger partial charge >= 0.3 is 0 Å². The first-order valence-electron chi connectivity index (χ1n) is 12.7. The summed E-state index contributed by atoms with van der Waals surface area (Å²) in [5.74, 6) is 0.749. The van der Waals surface area contributed by atoms with Gasteiger partial charge in [0.25, 0.3) is 5.91 Å². The maximum absolute atomic E-state index is 13.6. The highest BCUT2D eigenvalue weighted by atomic mass is 35.5. The molecular formula is C30H35ClN2O4. The average Bonchev–Trinajstić information content (AvgIpc) is 2.95. The topological polar surface area (TPSA) is 51.2 Å². The van der Waals surface area contributed by atoms with Crippen molar-refractivity contribution in [2.24, 2.45) is 0 Å². The molecule has 6 nitrogen and oxygen atoms in total. The van der Waals surface area contributed by atoms with E-state index in [4.69, 9.17) is 25.8 Å². The molecule has 1 saturated heterocycles. The normalized spacial score (nSPS) is 14.8. The second-order valence-corrected chi connectivity index (χ2v) is 9.58. The Balaban J connectivity index is 1.50. The fourth-order valence-electron chi connectivity index (χ4n) is 4.50. The number of carbonyl (C=O) groups is 1. The minimum atomic E-state index is -0.0343. The molecule has 196 valence electrons. The molecule has 1 atom stereocenters. The van der Waals surface area contributed by atoms with E-state index in [-0.39, 0.29) is 11.9 Å². The summed E-state index contributed by atoms with van der Waals surface area (Å²) in [5, 5.41) is 0.608. The van der Waals surface area contributed by atoms with E-state index in [1.54, 1.807) is 31.4 Å². The molecule has 1 unspecified atom stereocenters. The zero-order chi connectivity index (χ0) is 25.9. The molecule has 37 heavy (non-hydrogen) atoms. The van der Waals surface area contributed by atoms with Crippen LogP contribution in [0.25, 0.3) is 0 Å². The van der Waals surface area contributed by atoms with E-state index in [9.17, 15) is 4.79 Å². The lowest BCUT2D eigenvalue weighted by Crippen LogP contribution is -2.48. The van der Waals surface area contributed by atoms with Crippen LogP contribution in [-0.2, 0) is 22.4 Å². The summed E-state index contributed by atoms with van der Waals surface area (Å²) >= 11 is 6.07. The van der Waals surface area contributed by atoms with Crippen molar-refractivity contribution in [1.82, 2.24) is 9.80 Å². The summed E-state index contributed by atoms with van der Waals surface area (Å²) in [5.41, 5.74) is 2.77. The van der Waals surface area contributed by atoms with Gasteiger partial charge in [-0.05, 0) is 42.3 Å². The number of benzene rings is 3. The van der Waals surface area contributed by atoms with Crippen molar-refractivity contribution in [2.45, 2.75) is 19.0 Å². The van der Waals surface area contributed by atoms with E-state index >= 15 is 0 Å². The van der Waals surface area contributed by atoms with Crippen LogP contribution in [0, 0.1) is 0 Å². The van der Waals surface area contributed by atoms with Crippen LogP contribution in [0.4, 0.5) is 0 Å². The lowest BCUT2D eigenvalue weighted by Gasteiger charge is -2.34. The number of hydrogen-bond acceptors (Lipinski definition) is 5. The predicted octanol–water partition coefficient (Wildman–Crippen LogP) is 4.95. The van der Waals surface area contributed by atoms with Crippen LogP contribution in [0.2, 0.25) is 5.02 Å². The Bertz CT molecular complexity index is 1100. The van der Waals surface area contributed by atoms with Crippen LogP contribution in [0.1, 0.15) is 21.5 Å². The maximum Gasteiger partial charge on any atom is 0.254 e. The lowest BCUT2D eigenvalue weighted by atomic mass is 10.1. The Kier molecular flexibility index (Phi) is 10.4. The molecule has 0 N–H and O–H groups in total. The lowest BCUT2D eigenvalue weighted by molar-refractivity contribution is -0.0154. The molecule has 0 spiro atoms. The van der Waals surface area contributed by atoms with Gasteiger partial charge in [-0.15, -0.1) is 0 Å². The number of morpholine rings is 1. The second-order valence-electron chi connectivity index (χ2n) is 9.15. The molecule has 0 aromatic heterocycles. The van der Waals surface area contributed by atoms with Crippen LogP contribution in [0.15, 0.2) is 78.9 Å². The third kappa shape index (κ3) is 8.04. The van der Waals surface area contributed by atoms with Gasteiger partial charge in [-0.25, -0.2) is 0 Å². The summed E-state index contributed by atoms with van der Waals surface area (Å²) in [7, 11) is 1.72. The monoisotopic (exact) mass is 522 g/mol. The van der Waals surface area contributed by atoms with E-state index < -0.39 is 0 Å². The van der Waals surface area contributed by atoms with E-state index in [0.29, 0.717) is 36.9 Å². The minimum absolute atomic E-state index is 0.0343. The molecule has 1 aliphatic heterocycles. The van der Waals surface area contributed by atoms with Gasteiger partial charge in [0.15, 0.2) is 0 Å². The summed E-state index contributed by atoms with van der Waals surface area (Å²) in [6, 6.07) is 25.4. The molecular weight excluding hydrogens is 488 g/mol. The van der Waals surface area contributed by atoms with E-state index in [0.717, 1.165) is 44.0 Å². The number of halogens is 1. The number of para-hydroxylation sites is 1. The molecule has 0 bridgehead atoms. The SMILES string of the molecule is COCC(COc1ccccc1CN(CCc1ccccc1)C(=O)c1ccc(Cl)cc1)N1CCOCC1. The molecule has 1 amide bonds. The molecule has 7 heteroatoms.